The van der Waals surface area contributed by atoms with Crippen molar-refractivity contribution in [3.8, 4) is 0 Å². The van der Waals surface area contributed by atoms with E-state index in [4.69, 9.17) is 0 Å². The third-order valence-corrected chi connectivity index (χ3v) is 0.953. The molecular weight excluding hydrogens is 138 g/mol. The number of alkyl halides is 2. The van der Waals surface area contributed by atoms with Gasteiger partial charge >= 0.3 is 0 Å². The zero-order valence-corrected chi connectivity index (χ0v) is 5.31. The van der Waals surface area contributed by atoms with Crippen molar-refractivity contribution in [3.63, 3.8) is 0 Å². The van der Waals surface area contributed by atoms with Gasteiger partial charge in [-0.1, -0.05) is 0 Å². The van der Waals surface area contributed by atoms with Crippen molar-refractivity contribution in [1.29, 1.82) is 0 Å². The van der Waals surface area contributed by atoms with E-state index in [1.54, 1.807) is 6.92 Å². The van der Waals surface area contributed by atoms with Gasteiger partial charge in [0.1, 0.15) is 11.5 Å². The van der Waals surface area contributed by atoms with Crippen molar-refractivity contribution in [1.82, 2.24) is 9.97 Å². The molecule has 1 aromatic rings. The zero-order valence-electron chi connectivity index (χ0n) is 5.31. The number of hydrogen-bond acceptors (Lipinski definition) is 2. The van der Waals surface area contributed by atoms with Gasteiger partial charge < -0.3 is 0 Å². The number of hydrogen-bond donors (Lipinski definition) is 0. The van der Waals surface area contributed by atoms with E-state index in [-0.39, 0.29) is 5.69 Å². The Balaban J connectivity index is 2.96. The SMILES string of the molecule is Cc1n[c]cc(C(F)F)n1. The van der Waals surface area contributed by atoms with Gasteiger partial charge in [-0.3, -0.25) is 0 Å². The molecule has 4 heteroatoms. The molecule has 0 fully saturated rings. The van der Waals surface area contributed by atoms with E-state index in [1.165, 1.54) is 0 Å². The summed E-state index contributed by atoms with van der Waals surface area (Å²) in [4.78, 5) is 7.03. The molecule has 0 spiro atoms. The first-order valence-corrected chi connectivity index (χ1v) is 2.70. The first-order valence-electron chi connectivity index (χ1n) is 2.70. The van der Waals surface area contributed by atoms with Crippen molar-refractivity contribution >= 4 is 0 Å². The molecule has 0 aliphatic heterocycles. The van der Waals surface area contributed by atoms with Gasteiger partial charge in [0.25, 0.3) is 6.43 Å². The van der Waals surface area contributed by atoms with E-state index >= 15 is 0 Å². The molecule has 2 nitrogen and oxygen atoms in total. The molecule has 10 heavy (non-hydrogen) atoms. The van der Waals surface area contributed by atoms with Crippen LogP contribution in [0.2, 0.25) is 0 Å². The van der Waals surface area contributed by atoms with Crippen molar-refractivity contribution < 1.29 is 8.78 Å². The average Bonchev–Trinajstić information content (AvgIpc) is 1.88. The molecule has 0 amide bonds. The maximum absolute atomic E-state index is 11.8. The standard InChI is InChI=1S/C6H5F2N2/c1-4-9-3-2-5(10-4)6(7)8/h2,6H,1H3. The summed E-state index contributed by atoms with van der Waals surface area (Å²) in [5, 5.41) is 0. The highest BCUT2D eigenvalue weighted by Crippen LogP contribution is 2.14. The van der Waals surface area contributed by atoms with Gasteiger partial charge in [-0.2, -0.15) is 0 Å². The summed E-state index contributed by atoms with van der Waals surface area (Å²) >= 11 is 0. The average molecular weight is 143 g/mol. The quantitative estimate of drug-likeness (QED) is 0.595. The molecule has 1 aromatic heterocycles. The van der Waals surface area contributed by atoms with Crippen molar-refractivity contribution in [2.24, 2.45) is 0 Å². The van der Waals surface area contributed by atoms with Crippen LogP contribution in [-0.2, 0) is 0 Å². The van der Waals surface area contributed by atoms with Crippen LogP contribution in [0.5, 0.6) is 0 Å². The first kappa shape index (κ1) is 7.05. The van der Waals surface area contributed by atoms with Crippen molar-refractivity contribution in [3.05, 3.63) is 23.8 Å². The molecular formula is C6H5F2N2. The molecule has 53 valence electrons. The van der Waals surface area contributed by atoms with E-state index in [0.29, 0.717) is 5.82 Å². The fourth-order valence-electron chi connectivity index (χ4n) is 0.548. The third-order valence-electron chi connectivity index (χ3n) is 0.953. The topological polar surface area (TPSA) is 25.8 Å². The molecule has 1 radical (unpaired) electrons. The Labute approximate surface area is 56.9 Å². The number of aromatic nitrogens is 2. The lowest BCUT2D eigenvalue weighted by Gasteiger charge is -1.96. The largest absolute Gasteiger partial charge is 0.280 e. The molecule has 0 unspecified atom stereocenters. The maximum atomic E-state index is 11.8. The third kappa shape index (κ3) is 1.46. The summed E-state index contributed by atoms with van der Waals surface area (Å²) in [7, 11) is 0. The van der Waals surface area contributed by atoms with Crippen LogP contribution < -0.4 is 0 Å². The highest BCUT2D eigenvalue weighted by molar-refractivity contribution is 5.01. The summed E-state index contributed by atoms with van der Waals surface area (Å²) in [5.41, 5.74) is -0.271. The van der Waals surface area contributed by atoms with E-state index in [9.17, 15) is 8.78 Å². The predicted molar refractivity (Wildman–Crippen MR) is 30.6 cm³/mol. The summed E-state index contributed by atoms with van der Waals surface area (Å²) in [6.45, 7) is 1.54. The second kappa shape index (κ2) is 2.68. The zero-order chi connectivity index (χ0) is 7.56. The van der Waals surface area contributed by atoms with Crippen LogP contribution in [0.15, 0.2) is 6.07 Å². The molecule has 0 aliphatic carbocycles. The van der Waals surface area contributed by atoms with Crippen LogP contribution in [0.1, 0.15) is 17.9 Å². The lowest BCUT2D eigenvalue weighted by atomic mass is 10.4. The van der Waals surface area contributed by atoms with Crippen LogP contribution in [-0.4, -0.2) is 9.97 Å². The molecule has 1 rings (SSSR count). The van der Waals surface area contributed by atoms with Gasteiger partial charge in [-0.25, -0.2) is 18.7 Å². The minimum absolute atomic E-state index is 0.271. The normalized spacial score (nSPS) is 10.4. The molecule has 0 aliphatic rings. The Morgan fingerprint density at radius 1 is 1.60 bits per heavy atom. The first-order chi connectivity index (χ1) is 4.70. The van der Waals surface area contributed by atoms with Crippen LogP contribution in [0.25, 0.3) is 0 Å². The summed E-state index contributed by atoms with van der Waals surface area (Å²) in [6, 6.07) is 1.08. The second-order valence-corrected chi connectivity index (χ2v) is 1.77. The van der Waals surface area contributed by atoms with E-state index in [0.717, 1.165) is 6.07 Å². The minimum Gasteiger partial charge on any atom is -0.232 e. The highest BCUT2D eigenvalue weighted by atomic mass is 19.3. The van der Waals surface area contributed by atoms with Crippen LogP contribution in [0.3, 0.4) is 0 Å². The Bertz CT molecular complexity index is 225. The van der Waals surface area contributed by atoms with Crippen LogP contribution in [0, 0.1) is 13.1 Å². The van der Waals surface area contributed by atoms with Gasteiger partial charge in [0, 0.05) is 0 Å². The number of nitrogens with zero attached hydrogens (tertiary/aromatic N) is 2. The van der Waals surface area contributed by atoms with E-state index in [1.807, 2.05) is 0 Å². The van der Waals surface area contributed by atoms with E-state index < -0.39 is 6.43 Å². The smallest absolute Gasteiger partial charge is 0.232 e. The van der Waals surface area contributed by atoms with Crippen LogP contribution >= 0.6 is 0 Å². The van der Waals surface area contributed by atoms with E-state index in [2.05, 4.69) is 16.2 Å². The monoisotopic (exact) mass is 143 g/mol. The minimum atomic E-state index is -2.53. The summed E-state index contributed by atoms with van der Waals surface area (Å²) in [6.07, 6.45) is -0.212. The lowest BCUT2D eigenvalue weighted by molar-refractivity contribution is 0.145. The summed E-state index contributed by atoms with van der Waals surface area (Å²) in [5.74, 6) is 0.317. The number of rotatable bonds is 1. The highest BCUT2D eigenvalue weighted by Gasteiger charge is 2.07. The molecule has 0 saturated heterocycles. The van der Waals surface area contributed by atoms with Crippen LogP contribution in [0.4, 0.5) is 8.78 Å². The predicted octanol–water partition coefficient (Wildman–Crippen LogP) is 1.52. The molecule has 0 bridgehead atoms. The van der Waals surface area contributed by atoms with Gasteiger partial charge in [0.15, 0.2) is 0 Å². The second-order valence-electron chi connectivity index (χ2n) is 1.77. The molecule has 0 aromatic carbocycles. The Morgan fingerprint density at radius 3 is 2.70 bits per heavy atom. The lowest BCUT2D eigenvalue weighted by Crippen LogP contribution is -1.93. The summed E-state index contributed by atoms with van der Waals surface area (Å²) < 4.78 is 23.7. The molecule has 0 atom stereocenters. The maximum Gasteiger partial charge on any atom is 0.280 e. The van der Waals surface area contributed by atoms with Gasteiger partial charge in [-0.05, 0) is 13.0 Å². The fraction of sp³-hybridized carbons (Fsp3) is 0.333. The van der Waals surface area contributed by atoms with Gasteiger partial charge in [0.2, 0.25) is 0 Å². The number of halogens is 2. The van der Waals surface area contributed by atoms with Gasteiger partial charge in [0.05, 0.1) is 6.20 Å². The van der Waals surface area contributed by atoms with Gasteiger partial charge in [-0.15, -0.1) is 0 Å². The van der Waals surface area contributed by atoms with Crippen molar-refractivity contribution in [2.75, 3.05) is 0 Å². The van der Waals surface area contributed by atoms with Crippen molar-refractivity contribution in [2.45, 2.75) is 13.3 Å². The number of aryl methyl sites for hydroxylation is 1. The Hall–Kier alpha value is -1.06. The Morgan fingerprint density at radius 2 is 2.30 bits per heavy atom. The molecule has 1 heterocycles. The molecule has 0 N–H and O–H groups in total. The fourth-order valence-corrected chi connectivity index (χ4v) is 0.548. The Kier molecular flexibility index (Phi) is 1.89. The molecule has 0 saturated carbocycles.